The molecule has 0 heterocycles. The lowest BCUT2D eigenvalue weighted by molar-refractivity contribution is 0.737. The quantitative estimate of drug-likeness (QED) is 0.587. The third-order valence-electron chi connectivity index (χ3n) is 3.48. The molecular weight excluding hydrogens is 357 g/mol. The maximum absolute atomic E-state index is 6.38. The molecule has 0 aliphatic carbocycles. The van der Waals surface area contributed by atoms with Gasteiger partial charge in [-0.05, 0) is 36.2 Å². The van der Waals surface area contributed by atoms with Gasteiger partial charge in [-0.15, -0.1) is 0 Å². The highest BCUT2D eigenvalue weighted by atomic mass is 79.9. The lowest BCUT2D eigenvalue weighted by Crippen LogP contribution is -2.23. The molecule has 2 aromatic rings. The van der Waals surface area contributed by atoms with E-state index in [1.165, 1.54) is 11.1 Å². The summed E-state index contributed by atoms with van der Waals surface area (Å²) in [5, 5.41) is 2.29. The fourth-order valence-electron chi connectivity index (χ4n) is 2.25. The zero-order valence-electron chi connectivity index (χ0n) is 11.4. The highest BCUT2D eigenvalue weighted by Crippen LogP contribution is 2.35. The first kappa shape index (κ1) is 15.7. The van der Waals surface area contributed by atoms with Crippen LogP contribution in [0.3, 0.4) is 0 Å². The predicted molar refractivity (Wildman–Crippen MR) is 92.4 cm³/mol. The maximum atomic E-state index is 6.38. The van der Waals surface area contributed by atoms with Crippen molar-refractivity contribution in [2.24, 2.45) is 0 Å². The van der Waals surface area contributed by atoms with Crippen LogP contribution in [0.25, 0.3) is 0 Å². The van der Waals surface area contributed by atoms with Crippen LogP contribution in [0.2, 0.25) is 10.0 Å². The van der Waals surface area contributed by atoms with Gasteiger partial charge in [-0.3, -0.25) is 0 Å². The topological polar surface area (TPSA) is 3.24 Å². The molecular formula is C16H16BrCl2N. The first-order chi connectivity index (χ1) is 9.54. The van der Waals surface area contributed by atoms with Crippen molar-refractivity contribution >= 4 is 44.8 Å². The van der Waals surface area contributed by atoms with Crippen LogP contribution in [0.15, 0.2) is 42.5 Å². The monoisotopic (exact) mass is 371 g/mol. The molecule has 0 spiro atoms. The number of hydrogen-bond donors (Lipinski definition) is 0. The van der Waals surface area contributed by atoms with Gasteiger partial charge in [-0.2, -0.15) is 0 Å². The third-order valence-corrected chi connectivity index (χ3v) is 4.62. The van der Waals surface area contributed by atoms with Crippen molar-refractivity contribution in [1.29, 1.82) is 0 Å². The fraction of sp³-hybridized carbons (Fsp3) is 0.250. The molecule has 0 amide bonds. The summed E-state index contributed by atoms with van der Waals surface area (Å²) in [4.78, 5) is 2.19. The molecule has 0 aromatic heterocycles. The van der Waals surface area contributed by atoms with Crippen molar-refractivity contribution in [3.63, 3.8) is 0 Å². The van der Waals surface area contributed by atoms with Crippen LogP contribution < -0.4 is 4.90 Å². The molecule has 1 unspecified atom stereocenters. The van der Waals surface area contributed by atoms with E-state index < -0.39 is 0 Å². The fourth-order valence-corrected chi connectivity index (χ4v) is 3.23. The molecule has 1 atom stereocenters. The summed E-state index contributed by atoms with van der Waals surface area (Å²) >= 11 is 16.0. The molecule has 0 fully saturated rings. The van der Waals surface area contributed by atoms with Crippen LogP contribution in [-0.2, 0) is 5.33 Å². The van der Waals surface area contributed by atoms with Crippen molar-refractivity contribution in [3.05, 3.63) is 63.6 Å². The van der Waals surface area contributed by atoms with E-state index in [4.69, 9.17) is 23.2 Å². The van der Waals surface area contributed by atoms with Crippen LogP contribution >= 0.6 is 39.1 Å². The van der Waals surface area contributed by atoms with E-state index in [2.05, 4.69) is 46.9 Å². The molecule has 2 aromatic carbocycles. The molecule has 0 radical (unpaired) electrons. The molecule has 2 rings (SSSR count). The molecule has 20 heavy (non-hydrogen) atoms. The van der Waals surface area contributed by atoms with E-state index in [0.717, 1.165) is 21.1 Å². The third kappa shape index (κ3) is 3.30. The van der Waals surface area contributed by atoms with Gasteiger partial charge in [-0.25, -0.2) is 0 Å². The standard InChI is InChI=1S/C16H16BrCl2N/c1-11(12-5-3-7-14(18)9-12)20(2)16-13(10-17)6-4-8-15(16)19/h3-9,11H,10H2,1-2H3. The number of benzene rings is 2. The minimum atomic E-state index is 0.186. The summed E-state index contributed by atoms with van der Waals surface area (Å²) < 4.78 is 0. The molecule has 0 saturated carbocycles. The Morgan fingerprint density at radius 2 is 1.85 bits per heavy atom. The van der Waals surface area contributed by atoms with Gasteiger partial charge in [0.05, 0.1) is 16.8 Å². The molecule has 1 nitrogen and oxygen atoms in total. The second-order valence-corrected chi connectivity index (χ2v) is 6.13. The molecule has 4 heteroatoms. The predicted octanol–water partition coefficient (Wildman–Crippen LogP) is 6.09. The number of hydrogen-bond acceptors (Lipinski definition) is 1. The normalized spacial score (nSPS) is 12.2. The minimum Gasteiger partial charge on any atom is -0.366 e. The second kappa shape index (κ2) is 6.84. The van der Waals surface area contributed by atoms with Gasteiger partial charge in [0.15, 0.2) is 0 Å². The summed E-state index contributed by atoms with van der Waals surface area (Å²) in [5.74, 6) is 0. The van der Waals surface area contributed by atoms with E-state index in [1.54, 1.807) is 0 Å². The van der Waals surface area contributed by atoms with E-state index >= 15 is 0 Å². The van der Waals surface area contributed by atoms with Gasteiger partial charge in [0, 0.05) is 17.4 Å². The van der Waals surface area contributed by atoms with Crippen LogP contribution in [0.4, 0.5) is 5.69 Å². The smallest absolute Gasteiger partial charge is 0.0642 e. The van der Waals surface area contributed by atoms with E-state index in [9.17, 15) is 0 Å². The van der Waals surface area contributed by atoms with Crippen LogP contribution in [0.1, 0.15) is 24.1 Å². The summed E-state index contributed by atoms with van der Waals surface area (Å²) in [6.45, 7) is 2.15. The highest BCUT2D eigenvalue weighted by molar-refractivity contribution is 9.08. The highest BCUT2D eigenvalue weighted by Gasteiger charge is 2.17. The molecule has 0 aliphatic heterocycles. The average Bonchev–Trinajstić information content (AvgIpc) is 2.45. The zero-order valence-corrected chi connectivity index (χ0v) is 14.5. The molecule has 0 saturated heterocycles. The first-order valence-corrected chi connectivity index (χ1v) is 8.24. The van der Waals surface area contributed by atoms with Gasteiger partial charge >= 0.3 is 0 Å². The Labute approximate surface area is 138 Å². The molecule has 0 aliphatic rings. The summed E-state index contributed by atoms with van der Waals surface area (Å²) in [7, 11) is 2.05. The van der Waals surface area contributed by atoms with Crippen molar-refractivity contribution in [2.45, 2.75) is 18.3 Å². The molecule has 106 valence electrons. The van der Waals surface area contributed by atoms with Crippen molar-refractivity contribution < 1.29 is 0 Å². The number of anilines is 1. The molecule has 0 N–H and O–H groups in total. The van der Waals surface area contributed by atoms with Gasteiger partial charge < -0.3 is 4.90 Å². The average molecular weight is 373 g/mol. The maximum Gasteiger partial charge on any atom is 0.0642 e. The second-order valence-electron chi connectivity index (χ2n) is 4.72. The number of rotatable bonds is 4. The Morgan fingerprint density at radius 1 is 1.15 bits per heavy atom. The van der Waals surface area contributed by atoms with Crippen LogP contribution in [-0.4, -0.2) is 7.05 Å². The van der Waals surface area contributed by atoms with E-state index in [0.29, 0.717) is 0 Å². The van der Waals surface area contributed by atoms with Gasteiger partial charge in [-0.1, -0.05) is 63.4 Å². The van der Waals surface area contributed by atoms with Gasteiger partial charge in [0.1, 0.15) is 0 Å². The SMILES string of the molecule is CC(c1cccc(Cl)c1)N(C)c1c(Cl)cccc1CBr. The Hall–Kier alpha value is -0.700. The Balaban J connectivity index is 2.38. The molecule has 0 bridgehead atoms. The number of alkyl halides is 1. The van der Waals surface area contributed by atoms with Crippen LogP contribution in [0.5, 0.6) is 0 Å². The lowest BCUT2D eigenvalue weighted by atomic mass is 10.1. The lowest BCUT2D eigenvalue weighted by Gasteiger charge is -2.30. The zero-order chi connectivity index (χ0) is 14.7. The van der Waals surface area contributed by atoms with Crippen LogP contribution in [0, 0.1) is 0 Å². The van der Waals surface area contributed by atoms with Crippen molar-refractivity contribution in [2.75, 3.05) is 11.9 Å². The Kier molecular flexibility index (Phi) is 5.36. The Morgan fingerprint density at radius 3 is 2.50 bits per heavy atom. The van der Waals surface area contributed by atoms with E-state index in [1.807, 2.05) is 30.3 Å². The van der Waals surface area contributed by atoms with E-state index in [-0.39, 0.29) is 6.04 Å². The van der Waals surface area contributed by atoms with Gasteiger partial charge in [0.2, 0.25) is 0 Å². The largest absolute Gasteiger partial charge is 0.366 e. The summed E-state index contributed by atoms with van der Waals surface area (Å²) in [6, 6.07) is 14.1. The summed E-state index contributed by atoms with van der Waals surface area (Å²) in [5.41, 5.74) is 3.40. The van der Waals surface area contributed by atoms with Gasteiger partial charge in [0.25, 0.3) is 0 Å². The Bertz CT molecular complexity index is 601. The van der Waals surface area contributed by atoms with Crippen molar-refractivity contribution in [3.8, 4) is 0 Å². The van der Waals surface area contributed by atoms with Crippen molar-refractivity contribution in [1.82, 2.24) is 0 Å². The first-order valence-electron chi connectivity index (χ1n) is 6.36. The number of halogens is 3. The summed E-state index contributed by atoms with van der Waals surface area (Å²) in [6.07, 6.45) is 0. The minimum absolute atomic E-state index is 0.186. The number of para-hydroxylation sites is 1. The number of nitrogens with zero attached hydrogens (tertiary/aromatic N) is 1.